The third-order valence-electron chi connectivity index (χ3n) is 3.71. The Bertz CT molecular complexity index is 587. The van der Waals surface area contributed by atoms with Gasteiger partial charge in [-0.15, -0.1) is 0 Å². The smallest absolute Gasteiger partial charge is 0.119 e. The third kappa shape index (κ3) is 6.23. The van der Waals surface area contributed by atoms with Crippen LogP contribution >= 0.6 is 0 Å². The van der Waals surface area contributed by atoms with Gasteiger partial charge in [0.05, 0.1) is 5.84 Å². The Hall–Kier alpha value is -2.16. The second-order valence-electron chi connectivity index (χ2n) is 5.88. The summed E-state index contributed by atoms with van der Waals surface area (Å²) in [5, 5.41) is 8.02. The monoisotopic (exact) mass is 312 g/mol. The van der Waals surface area contributed by atoms with E-state index >= 15 is 0 Å². The molecule has 124 valence electrons. The molecule has 1 aliphatic rings. The second-order valence-corrected chi connectivity index (χ2v) is 5.88. The van der Waals surface area contributed by atoms with E-state index in [1.54, 1.807) is 0 Å². The number of hydrogen-bond acceptors (Lipinski definition) is 2. The molecular weight excluding hydrogens is 284 g/mol. The minimum absolute atomic E-state index is 0.585. The largest absolute Gasteiger partial charge is 0.326 e. The maximum Gasteiger partial charge on any atom is 0.119 e. The zero-order valence-electron chi connectivity index (χ0n) is 14.7. The van der Waals surface area contributed by atoms with Gasteiger partial charge < -0.3 is 9.69 Å². The molecule has 0 spiro atoms. The van der Waals surface area contributed by atoms with Crippen LogP contribution in [0, 0.1) is 18.3 Å². The first-order valence-corrected chi connectivity index (χ1v) is 8.18. The zero-order valence-corrected chi connectivity index (χ0v) is 14.7. The van der Waals surface area contributed by atoms with Crippen LogP contribution in [-0.4, -0.2) is 18.7 Å². The summed E-state index contributed by atoms with van der Waals surface area (Å²) in [6.45, 7) is 8.77. The standard InChI is InChI=1S/C17H22N2.C3H6O/c1-13-8-10-16(11-9-13)12-19(15(3)18)17-7-5-4-6-14(17)2;1-2-3-4/h4-8,10-11,13,18H,9,12H2,1-3H3;3H,2H2,1H3. The van der Waals surface area contributed by atoms with Gasteiger partial charge in [-0.3, -0.25) is 5.41 Å². The van der Waals surface area contributed by atoms with E-state index in [0.717, 1.165) is 24.9 Å². The number of carbonyl (C=O) groups excluding carboxylic acids is 1. The summed E-state index contributed by atoms with van der Waals surface area (Å²) >= 11 is 0. The van der Waals surface area contributed by atoms with Gasteiger partial charge in [-0.1, -0.05) is 50.3 Å². The molecule has 1 aromatic rings. The minimum Gasteiger partial charge on any atom is -0.326 e. The highest BCUT2D eigenvalue weighted by atomic mass is 16.1. The minimum atomic E-state index is 0.585. The van der Waals surface area contributed by atoms with Gasteiger partial charge in [0, 0.05) is 18.7 Å². The summed E-state index contributed by atoms with van der Waals surface area (Å²) in [4.78, 5) is 11.2. The van der Waals surface area contributed by atoms with E-state index in [4.69, 9.17) is 5.41 Å². The summed E-state index contributed by atoms with van der Waals surface area (Å²) in [6.07, 6.45) is 9.36. The average Bonchev–Trinajstić information content (AvgIpc) is 2.55. The Morgan fingerprint density at radius 2 is 2.04 bits per heavy atom. The van der Waals surface area contributed by atoms with Crippen molar-refractivity contribution in [2.75, 3.05) is 11.4 Å². The van der Waals surface area contributed by atoms with Crippen LogP contribution in [0.5, 0.6) is 0 Å². The van der Waals surface area contributed by atoms with Crippen molar-refractivity contribution in [2.24, 2.45) is 5.92 Å². The highest BCUT2D eigenvalue weighted by molar-refractivity contribution is 5.94. The van der Waals surface area contributed by atoms with Crippen molar-refractivity contribution in [1.29, 1.82) is 5.41 Å². The SMILES string of the molecule is CC(=N)N(CC1=CCC(C)C=C1)c1ccccc1C.CCC=O. The molecule has 0 amide bonds. The van der Waals surface area contributed by atoms with Gasteiger partial charge in [-0.2, -0.15) is 0 Å². The van der Waals surface area contributed by atoms with Crippen molar-refractivity contribution >= 4 is 17.8 Å². The predicted octanol–water partition coefficient (Wildman–Crippen LogP) is 4.92. The number of carbonyl (C=O) groups is 1. The van der Waals surface area contributed by atoms with Crippen LogP contribution in [0.4, 0.5) is 5.69 Å². The van der Waals surface area contributed by atoms with E-state index < -0.39 is 0 Å². The number of nitrogens with zero attached hydrogens (tertiary/aromatic N) is 1. The average molecular weight is 312 g/mol. The number of nitrogens with one attached hydrogen (secondary N) is 1. The van der Waals surface area contributed by atoms with Crippen molar-refractivity contribution in [1.82, 2.24) is 0 Å². The highest BCUT2D eigenvalue weighted by Crippen LogP contribution is 2.23. The number of aldehydes is 1. The third-order valence-corrected chi connectivity index (χ3v) is 3.71. The number of hydrogen-bond donors (Lipinski definition) is 1. The molecule has 0 saturated carbocycles. The molecule has 1 unspecified atom stereocenters. The van der Waals surface area contributed by atoms with Gasteiger partial charge in [0.15, 0.2) is 0 Å². The van der Waals surface area contributed by atoms with Gasteiger partial charge in [0.1, 0.15) is 6.29 Å². The number of aryl methyl sites for hydroxylation is 1. The number of allylic oxidation sites excluding steroid dienone is 2. The van der Waals surface area contributed by atoms with Crippen LogP contribution in [0.2, 0.25) is 0 Å². The molecule has 0 saturated heterocycles. The lowest BCUT2D eigenvalue weighted by atomic mass is 9.98. The first-order valence-electron chi connectivity index (χ1n) is 8.18. The lowest BCUT2D eigenvalue weighted by Crippen LogP contribution is -2.30. The Morgan fingerprint density at radius 1 is 1.39 bits per heavy atom. The summed E-state index contributed by atoms with van der Waals surface area (Å²) < 4.78 is 0. The van der Waals surface area contributed by atoms with Crippen molar-refractivity contribution in [3.05, 3.63) is 53.6 Å². The van der Waals surface area contributed by atoms with Gasteiger partial charge in [0.25, 0.3) is 0 Å². The van der Waals surface area contributed by atoms with E-state index in [1.165, 1.54) is 11.1 Å². The Labute approximate surface area is 140 Å². The fraction of sp³-hybridized carbons (Fsp3) is 0.400. The normalized spacial score (nSPS) is 16.0. The Morgan fingerprint density at radius 3 is 2.52 bits per heavy atom. The molecule has 0 heterocycles. The van der Waals surface area contributed by atoms with Gasteiger partial charge in [-0.25, -0.2) is 0 Å². The number of benzene rings is 1. The van der Waals surface area contributed by atoms with Crippen molar-refractivity contribution in [2.45, 2.75) is 40.5 Å². The van der Waals surface area contributed by atoms with Crippen LogP contribution in [0.25, 0.3) is 0 Å². The molecule has 3 heteroatoms. The fourth-order valence-corrected chi connectivity index (χ4v) is 2.32. The van der Waals surface area contributed by atoms with Crippen molar-refractivity contribution in [3.63, 3.8) is 0 Å². The van der Waals surface area contributed by atoms with Crippen molar-refractivity contribution in [3.8, 4) is 0 Å². The molecule has 23 heavy (non-hydrogen) atoms. The number of amidine groups is 1. The van der Waals surface area contributed by atoms with Crippen LogP contribution in [0.15, 0.2) is 48.1 Å². The van der Waals surface area contributed by atoms with Crippen LogP contribution in [0.3, 0.4) is 0 Å². The van der Waals surface area contributed by atoms with E-state index in [9.17, 15) is 4.79 Å². The fourth-order valence-electron chi connectivity index (χ4n) is 2.32. The molecule has 1 atom stereocenters. The van der Waals surface area contributed by atoms with E-state index in [0.29, 0.717) is 18.2 Å². The predicted molar refractivity (Wildman–Crippen MR) is 99.3 cm³/mol. The molecule has 0 fully saturated rings. The summed E-state index contributed by atoms with van der Waals surface area (Å²) in [6, 6.07) is 8.25. The molecule has 1 aliphatic carbocycles. The number of para-hydroxylation sites is 1. The zero-order chi connectivity index (χ0) is 17.2. The lowest BCUT2D eigenvalue weighted by molar-refractivity contribution is -0.107. The molecule has 1 aromatic carbocycles. The molecule has 2 rings (SSSR count). The molecule has 1 N–H and O–H groups in total. The van der Waals surface area contributed by atoms with Crippen molar-refractivity contribution < 1.29 is 4.79 Å². The summed E-state index contributed by atoms with van der Waals surface area (Å²) in [5.74, 6) is 1.22. The highest BCUT2D eigenvalue weighted by Gasteiger charge is 2.13. The maximum atomic E-state index is 9.17. The van der Waals surface area contributed by atoms with Gasteiger partial charge >= 0.3 is 0 Å². The molecular formula is C20H28N2O. The number of anilines is 1. The summed E-state index contributed by atoms with van der Waals surface area (Å²) in [7, 11) is 0. The van der Waals surface area contributed by atoms with Gasteiger partial charge in [0.2, 0.25) is 0 Å². The molecule has 0 radical (unpaired) electrons. The van der Waals surface area contributed by atoms with Crippen LogP contribution in [0.1, 0.15) is 39.2 Å². The van der Waals surface area contributed by atoms with Gasteiger partial charge in [-0.05, 0) is 43.4 Å². The Balaban J connectivity index is 0.000000593. The molecule has 0 bridgehead atoms. The molecule has 0 aliphatic heterocycles. The lowest BCUT2D eigenvalue weighted by Gasteiger charge is -2.26. The van der Waals surface area contributed by atoms with E-state index in [1.807, 2.05) is 26.0 Å². The maximum absolute atomic E-state index is 9.17. The molecule has 0 aromatic heterocycles. The van der Waals surface area contributed by atoms with Crippen LogP contribution < -0.4 is 4.90 Å². The quantitative estimate of drug-likeness (QED) is 0.487. The van der Waals surface area contributed by atoms with E-state index in [-0.39, 0.29) is 0 Å². The first-order chi connectivity index (χ1) is 11.0. The first kappa shape index (κ1) is 18.9. The van der Waals surface area contributed by atoms with Crippen LogP contribution in [-0.2, 0) is 4.79 Å². The summed E-state index contributed by atoms with van der Waals surface area (Å²) in [5.41, 5.74) is 3.64. The van der Waals surface area contributed by atoms with E-state index in [2.05, 4.69) is 49.1 Å². The topological polar surface area (TPSA) is 44.2 Å². The Kier molecular flexibility index (Phi) is 8.03. The number of rotatable bonds is 4. The molecule has 3 nitrogen and oxygen atoms in total. The second kappa shape index (κ2) is 9.78.